The van der Waals surface area contributed by atoms with E-state index in [-0.39, 0.29) is 12.5 Å². The predicted octanol–water partition coefficient (Wildman–Crippen LogP) is 1.12. The first-order chi connectivity index (χ1) is 9.93. The quantitative estimate of drug-likeness (QED) is 0.762. The van der Waals surface area contributed by atoms with Crippen LogP contribution in [0, 0.1) is 17.7 Å². The number of nitrogens with two attached hydrogens (primary N) is 1. The molecule has 21 heavy (non-hydrogen) atoms. The van der Waals surface area contributed by atoms with Crippen molar-refractivity contribution in [1.29, 1.82) is 0 Å². The van der Waals surface area contributed by atoms with Gasteiger partial charge in [-0.05, 0) is 38.0 Å². The third-order valence-corrected chi connectivity index (χ3v) is 3.66. The van der Waals surface area contributed by atoms with E-state index in [2.05, 4.69) is 11.8 Å². The molecule has 2 rings (SSSR count). The number of hydrogen-bond acceptors (Lipinski definition) is 3. The number of carbonyl (C=O) groups is 1. The van der Waals surface area contributed by atoms with E-state index in [4.69, 9.17) is 5.73 Å². The third kappa shape index (κ3) is 3.81. The van der Waals surface area contributed by atoms with Crippen LogP contribution in [0.25, 0.3) is 0 Å². The minimum absolute atomic E-state index is 0.150. The number of rotatable bonds is 1. The molecule has 0 unspecified atom stereocenters. The van der Waals surface area contributed by atoms with Gasteiger partial charge in [-0.2, -0.15) is 0 Å². The van der Waals surface area contributed by atoms with Crippen LogP contribution in [0.1, 0.15) is 35.7 Å². The van der Waals surface area contributed by atoms with Gasteiger partial charge in [0, 0.05) is 18.7 Å². The maximum absolute atomic E-state index is 13.3. The van der Waals surface area contributed by atoms with Gasteiger partial charge in [0.2, 0.25) is 0 Å². The van der Waals surface area contributed by atoms with Gasteiger partial charge >= 0.3 is 0 Å². The van der Waals surface area contributed by atoms with Crippen LogP contribution < -0.4 is 5.73 Å². The molecular weight excluding hydrogens is 271 g/mol. The minimum Gasteiger partial charge on any atom is -0.390 e. The van der Waals surface area contributed by atoms with E-state index in [1.165, 1.54) is 18.2 Å². The first kappa shape index (κ1) is 15.5. The predicted molar refractivity (Wildman–Crippen MR) is 78.1 cm³/mol. The Morgan fingerprint density at radius 3 is 2.76 bits per heavy atom. The SMILES string of the molecule is CC1(O)CCN(C(=O)c2ccc(F)cc2C#CCN)CC1. The molecule has 1 heterocycles. The van der Waals surface area contributed by atoms with Crippen molar-refractivity contribution in [1.82, 2.24) is 4.90 Å². The summed E-state index contributed by atoms with van der Waals surface area (Å²) in [6.07, 6.45) is 1.06. The third-order valence-electron chi connectivity index (χ3n) is 3.66. The number of halogens is 1. The number of piperidine rings is 1. The molecule has 0 bridgehead atoms. The summed E-state index contributed by atoms with van der Waals surface area (Å²) in [7, 11) is 0. The Kier molecular flexibility index (Phi) is 4.61. The van der Waals surface area contributed by atoms with Crippen LogP contribution in [0.15, 0.2) is 18.2 Å². The molecule has 0 atom stereocenters. The average Bonchev–Trinajstić information content (AvgIpc) is 2.44. The topological polar surface area (TPSA) is 66.6 Å². The van der Waals surface area contributed by atoms with Gasteiger partial charge in [-0.1, -0.05) is 11.8 Å². The Morgan fingerprint density at radius 1 is 1.48 bits per heavy atom. The van der Waals surface area contributed by atoms with Gasteiger partial charge < -0.3 is 15.7 Å². The minimum atomic E-state index is -0.720. The van der Waals surface area contributed by atoms with Gasteiger partial charge in [0.1, 0.15) is 5.82 Å². The molecule has 5 heteroatoms. The fourth-order valence-corrected chi connectivity index (χ4v) is 2.31. The summed E-state index contributed by atoms with van der Waals surface area (Å²) < 4.78 is 13.3. The zero-order valence-electron chi connectivity index (χ0n) is 12.0. The summed E-state index contributed by atoms with van der Waals surface area (Å²) in [5.41, 5.74) is 5.33. The molecule has 112 valence electrons. The molecule has 1 aromatic rings. The molecular formula is C16H19FN2O2. The summed E-state index contributed by atoms with van der Waals surface area (Å²) in [6.45, 7) is 2.88. The number of amides is 1. The number of aliphatic hydroxyl groups is 1. The van der Waals surface area contributed by atoms with E-state index >= 15 is 0 Å². The summed E-state index contributed by atoms with van der Waals surface area (Å²) in [6, 6.07) is 3.95. The van der Waals surface area contributed by atoms with Crippen LogP contribution in [-0.4, -0.2) is 41.1 Å². The second-order valence-electron chi connectivity index (χ2n) is 5.48. The number of hydrogen-bond donors (Lipinski definition) is 2. The van der Waals surface area contributed by atoms with Gasteiger partial charge in [0.25, 0.3) is 5.91 Å². The van der Waals surface area contributed by atoms with Gasteiger partial charge in [0.05, 0.1) is 17.7 Å². The van der Waals surface area contributed by atoms with Gasteiger partial charge in [-0.15, -0.1) is 0 Å². The Morgan fingerprint density at radius 2 is 2.14 bits per heavy atom. The van der Waals surface area contributed by atoms with Crippen molar-refractivity contribution in [3.8, 4) is 11.8 Å². The van der Waals surface area contributed by atoms with Crippen LogP contribution in [0.5, 0.6) is 0 Å². The molecule has 0 saturated carbocycles. The lowest BCUT2D eigenvalue weighted by atomic mass is 9.93. The lowest BCUT2D eigenvalue weighted by Gasteiger charge is -2.35. The molecule has 3 N–H and O–H groups in total. The molecule has 0 radical (unpaired) electrons. The number of nitrogens with zero attached hydrogens (tertiary/aromatic N) is 1. The van der Waals surface area contributed by atoms with Crippen molar-refractivity contribution in [2.24, 2.45) is 5.73 Å². The van der Waals surface area contributed by atoms with Gasteiger partial charge in [-0.25, -0.2) is 4.39 Å². The van der Waals surface area contributed by atoms with Crippen molar-refractivity contribution < 1.29 is 14.3 Å². The van der Waals surface area contributed by atoms with E-state index < -0.39 is 11.4 Å². The van der Waals surface area contributed by atoms with Crippen LogP contribution in [0.3, 0.4) is 0 Å². The Bertz CT molecular complexity index is 592. The molecule has 0 aromatic heterocycles. The second kappa shape index (κ2) is 6.25. The van der Waals surface area contributed by atoms with Gasteiger partial charge in [0.15, 0.2) is 0 Å². The Balaban J connectivity index is 2.23. The molecule has 1 aliphatic heterocycles. The van der Waals surface area contributed by atoms with Crippen molar-refractivity contribution in [3.63, 3.8) is 0 Å². The van der Waals surface area contributed by atoms with E-state index in [0.717, 1.165) is 0 Å². The summed E-state index contributed by atoms with van der Waals surface area (Å²) >= 11 is 0. The summed E-state index contributed by atoms with van der Waals surface area (Å²) in [4.78, 5) is 14.2. The number of carbonyl (C=O) groups excluding carboxylic acids is 1. The largest absolute Gasteiger partial charge is 0.390 e. The smallest absolute Gasteiger partial charge is 0.255 e. The Labute approximate surface area is 123 Å². The lowest BCUT2D eigenvalue weighted by molar-refractivity contribution is -0.00203. The van der Waals surface area contributed by atoms with Gasteiger partial charge in [-0.3, -0.25) is 4.79 Å². The normalized spacial score (nSPS) is 17.0. The summed E-state index contributed by atoms with van der Waals surface area (Å²) in [5, 5.41) is 9.93. The zero-order valence-corrected chi connectivity index (χ0v) is 12.0. The highest BCUT2D eigenvalue weighted by Crippen LogP contribution is 2.23. The standard InChI is InChI=1S/C16H19FN2O2/c1-16(21)6-9-19(10-7-16)15(20)14-5-4-13(17)11-12(14)3-2-8-18/h4-5,11,21H,6-10,18H2,1H3. The Hall–Kier alpha value is -1.90. The lowest BCUT2D eigenvalue weighted by Crippen LogP contribution is -2.45. The van der Waals surface area contributed by atoms with Crippen LogP contribution in [0.4, 0.5) is 4.39 Å². The molecule has 1 saturated heterocycles. The highest BCUT2D eigenvalue weighted by Gasteiger charge is 2.30. The van der Waals surface area contributed by atoms with E-state index in [0.29, 0.717) is 37.1 Å². The van der Waals surface area contributed by atoms with Crippen LogP contribution in [0.2, 0.25) is 0 Å². The maximum Gasteiger partial charge on any atom is 0.255 e. The molecule has 1 fully saturated rings. The van der Waals surface area contributed by atoms with E-state index in [1.54, 1.807) is 11.8 Å². The molecule has 1 aromatic carbocycles. The van der Waals surface area contributed by atoms with Crippen molar-refractivity contribution in [2.75, 3.05) is 19.6 Å². The average molecular weight is 290 g/mol. The van der Waals surface area contributed by atoms with Crippen molar-refractivity contribution >= 4 is 5.91 Å². The van der Waals surface area contributed by atoms with Crippen LogP contribution in [-0.2, 0) is 0 Å². The fraction of sp³-hybridized carbons (Fsp3) is 0.438. The maximum atomic E-state index is 13.3. The monoisotopic (exact) mass is 290 g/mol. The van der Waals surface area contributed by atoms with Crippen molar-refractivity contribution in [3.05, 3.63) is 35.1 Å². The summed E-state index contributed by atoms with van der Waals surface area (Å²) in [5.74, 6) is 4.76. The first-order valence-corrected chi connectivity index (χ1v) is 6.93. The molecule has 1 amide bonds. The molecule has 1 aliphatic rings. The van der Waals surface area contributed by atoms with Crippen molar-refractivity contribution in [2.45, 2.75) is 25.4 Å². The van der Waals surface area contributed by atoms with Crippen LogP contribution >= 0.6 is 0 Å². The highest BCUT2D eigenvalue weighted by atomic mass is 19.1. The second-order valence-corrected chi connectivity index (χ2v) is 5.48. The van der Waals surface area contributed by atoms with E-state index in [1.807, 2.05) is 0 Å². The number of benzene rings is 1. The highest BCUT2D eigenvalue weighted by molar-refractivity contribution is 5.96. The van der Waals surface area contributed by atoms with E-state index in [9.17, 15) is 14.3 Å². The molecule has 0 aliphatic carbocycles. The number of likely N-dealkylation sites (tertiary alicyclic amines) is 1. The molecule has 0 spiro atoms. The molecule has 4 nitrogen and oxygen atoms in total. The first-order valence-electron chi connectivity index (χ1n) is 6.93. The zero-order chi connectivity index (χ0) is 15.5. The fourth-order valence-electron chi connectivity index (χ4n) is 2.31.